The van der Waals surface area contributed by atoms with E-state index in [1.54, 1.807) is 18.2 Å². The molecule has 1 N–H and O–H groups in total. The molecule has 0 aliphatic rings. The van der Waals surface area contributed by atoms with Gasteiger partial charge in [0.2, 0.25) is 0 Å². The number of hydrogen-bond acceptors (Lipinski definition) is 2. The Kier molecular flexibility index (Phi) is 4.18. The maximum absolute atomic E-state index is 11.1. The van der Waals surface area contributed by atoms with Crippen LogP contribution in [0, 0.1) is 0 Å². The molecule has 3 nitrogen and oxygen atoms in total. The second kappa shape index (κ2) is 6.05. The second-order valence-corrected chi connectivity index (χ2v) is 4.21. The first-order valence-corrected chi connectivity index (χ1v) is 6.24. The van der Waals surface area contributed by atoms with Gasteiger partial charge in [0.05, 0.1) is 5.56 Å². The average Bonchev–Trinajstić information content (AvgIpc) is 2.45. The highest BCUT2D eigenvalue weighted by atomic mass is 16.5. The van der Waals surface area contributed by atoms with Crippen LogP contribution in [0.25, 0.3) is 0 Å². The number of para-hydroxylation sites is 1. The van der Waals surface area contributed by atoms with E-state index >= 15 is 0 Å². The molecule has 0 unspecified atom stereocenters. The third-order valence-electron chi connectivity index (χ3n) is 2.98. The fourth-order valence-corrected chi connectivity index (χ4v) is 1.95. The third kappa shape index (κ3) is 3.13. The first kappa shape index (κ1) is 13.1. The van der Waals surface area contributed by atoms with Crippen LogP contribution in [0.15, 0.2) is 48.5 Å². The van der Waals surface area contributed by atoms with Gasteiger partial charge in [-0.1, -0.05) is 43.3 Å². The van der Waals surface area contributed by atoms with Crippen molar-refractivity contribution in [3.05, 3.63) is 65.2 Å². The number of carbonyl (C=O) groups is 1. The molecule has 2 aromatic rings. The fourth-order valence-electron chi connectivity index (χ4n) is 1.95. The van der Waals surface area contributed by atoms with Gasteiger partial charge in [-0.2, -0.15) is 0 Å². The summed E-state index contributed by atoms with van der Waals surface area (Å²) >= 11 is 0. The second-order valence-electron chi connectivity index (χ2n) is 4.21. The van der Waals surface area contributed by atoms with Gasteiger partial charge in [0.25, 0.3) is 0 Å². The van der Waals surface area contributed by atoms with Crippen LogP contribution in [0.3, 0.4) is 0 Å². The van der Waals surface area contributed by atoms with Gasteiger partial charge >= 0.3 is 5.97 Å². The standard InChI is InChI=1S/C16H16O3/c1-2-12-7-4-6-10-15(12)19-11-13-8-3-5-9-14(13)16(17)18/h3-10H,2,11H2,1H3,(H,17,18). The maximum Gasteiger partial charge on any atom is 0.336 e. The molecule has 19 heavy (non-hydrogen) atoms. The summed E-state index contributed by atoms with van der Waals surface area (Å²) in [4.78, 5) is 11.1. The van der Waals surface area contributed by atoms with Crippen LogP contribution in [-0.2, 0) is 13.0 Å². The Morgan fingerprint density at radius 2 is 1.68 bits per heavy atom. The minimum absolute atomic E-state index is 0.263. The molecule has 0 radical (unpaired) electrons. The van der Waals surface area contributed by atoms with Crippen LogP contribution in [0.2, 0.25) is 0 Å². The summed E-state index contributed by atoms with van der Waals surface area (Å²) in [5.74, 6) is -0.117. The van der Waals surface area contributed by atoms with Crippen LogP contribution in [-0.4, -0.2) is 11.1 Å². The number of aromatic carboxylic acids is 1. The maximum atomic E-state index is 11.1. The summed E-state index contributed by atoms with van der Waals surface area (Å²) in [7, 11) is 0. The van der Waals surface area contributed by atoms with Crippen molar-refractivity contribution >= 4 is 5.97 Å². The van der Waals surface area contributed by atoms with Crippen molar-refractivity contribution < 1.29 is 14.6 Å². The van der Waals surface area contributed by atoms with E-state index in [4.69, 9.17) is 9.84 Å². The zero-order valence-electron chi connectivity index (χ0n) is 10.8. The van der Waals surface area contributed by atoms with Crippen molar-refractivity contribution in [2.75, 3.05) is 0 Å². The minimum atomic E-state index is -0.928. The van der Waals surface area contributed by atoms with E-state index in [9.17, 15) is 4.79 Å². The zero-order valence-corrected chi connectivity index (χ0v) is 10.8. The smallest absolute Gasteiger partial charge is 0.336 e. The monoisotopic (exact) mass is 256 g/mol. The highest BCUT2D eigenvalue weighted by Crippen LogP contribution is 2.20. The van der Waals surface area contributed by atoms with Crippen LogP contribution in [0.5, 0.6) is 5.75 Å². The van der Waals surface area contributed by atoms with Crippen LogP contribution in [0.4, 0.5) is 0 Å². The van der Waals surface area contributed by atoms with Gasteiger partial charge < -0.3 is 9.84 Å². The quantitative estimate of drug-likeness (QED) is 0.890. The summed E-state index contributed by atoms with van der Waals surface area (Å²) in [6, 6.07) is 14.7. The third-order valence-corrected chi connectivity index (χ3v) is 2.98. The first-order chi connectivity index (χ1) is 9.22. The van der Waals surface area contributed by atoms with Crippen LogP contribution in [0.1, 0.15) is 28.4 Å². The summed E-state index contributed by atoms with van der Waals surface area (Å²) in [6.45, 7) is 2.33. The SMILES string of the molecule is CCc1ccccc1OCc1ccccc1C(=O)O. The molecule has 0 atom stereocenters. The molecule has 0 fully saturated rings. The highest BCUT2D eigenvalue weighted by molar-refractivity contribution is 5.89. The van der Waals surface area contributed by atoms with Crippen molar-refractivity contribution in [2.45, 2.75) is 20.0 Å². The van der Waals surface area contributed by atoms with E-state index in [1.807, 2.05) is 30.3 Å². The number of rotatable bonds is 5. The van der Waals surface area contributed by atoms with Gasteiger partial charge in [0.1, 0.15) is 12.4 Å². The largest absolute Gasteiger partial charge is 0.489 e. The van der Waals surface area contributed by atoms with Crippen molar-refractivity contribution in [2.24, 2.45) is 0 Å². The molecule has 0 aliphatic heterocycles. The molecule has 98 valence electrons. The molecule has 3 heteroatoms. The molecular formula is C16H16O3. The summed E-state index contributed by atoms with van der Waals surface area (Å²) < 4.78 is 5.74. The Morgan fingerprint density at radius 3 is 2.37 bits per heavy atom. The molecule has 2 aromatic carbocycles. The number of carboxylic acid groups (broad SMARTS) is 1. The van der Waals surface area contributed by atoms with E-state index in [1.165, 1.54) is 0 Å². The molecule has 0 spiro atoms. The van der Waals surface area contributed by atoms with E-state index in [0.29, 0.717) is 5.56 Å². The number of aryl methyl sites for hydroxylation is 1. The molecule has 0 aliphatic carbocycles. The summed E-state index contributed by atoms with van der Waals surface area (Å²) in [6.07, 6.45) is 0.886. The number of ether oxygens (including phenoxy) is 1. The molecule has 0 amide bonds. The predicted octanol–water partition coefficient (Wildman–Crippen LogP) is 3.53. The van der Waals surface area contributed by atoms with E-state index in [0.717, 1.165) is 17.7 Å². The van der Waals surface area contributed by atoms with Gasteiger partial charge in [-0.3, -0.25) is 0 Å². The molecule has 0 aromatic heterocycles. The van der Waals surface area contributed by atoms with Gasteiger partial charge in [-0.15, -0.1) is 0 Å². The van der Waals surface area contributed by atoms with E-state index < -0.39 is 5.97 Å². The zero-order chi connectivity index (χ0) is 13.7. The van der Waals surface area contributed by atoms with Crippen LogP contribution >= 0.6 is 0 Å². The average molecular weight is 256 g/mol. The number of carboxylic acids is 1. The van der Waals surface area contributed by atoms with Crippen molar-refractivity contribution in [3.8, 4) is 5.75 Å². The van der Waals surface area contributed by atoms with Gasteiger partial charge in [-0.25, -0.2) is 4.79 Å². The predicted molar refractivity (Wildman–Crippen MR) is 73.6 cm³/mol. The Hall–Kier alpha value is -2.29. The first-order valence-electron chi connectivity index (χ1n) is 6.24. The van der Waals surface area contributed by atoms with Gasteiger partial charge in [0.15, 0.2) is 0 Å². The van der Waals surface area contributed by atoms with Gasteiger partial charge in [-0.05, 0) is 24.1 Å². The Labute approximate surface area is 112 Å². The van der Waals surface area contributed by atoms with Crippen LogP contribution < -0.4 is 4.74 Å². The van der Waals surface area contributed by atoms with E-state index in [-0.39, 0.29) is 12.2 Å². The molecule has 0 saturated heterocycles. The molecule has 0 saturated carbocycles. The molecule has 2 rings (SSSR count). The lowest BCUT2D eigenvalue weighted by Crippen LogP contribution is -2.06. The highest BCUT2D eigenvalue weighted by Gasteiger charge is 2.10. The Bertz CT molecular complexity index is 576. The van der Waals surface area contributed by atoms with Crippen molar-refractivity contribution in [1.29, 1.82) is 0 Å². The topological polar surface area (TPSA) is 46.5 Å². The lowest BCUT2D eigenvalue weighted by atomic mass is 10.1. The Balaban J connectivity index is 2.17. The van der Waals surface area contributed by atoms with Gasteiger partial charge in [0, 0.05) is 5.56 Å². The number of hydrogen-bond donors (Lipinski definition) is 1. The molecule has 0 heterocycles. The van der Waals surface area contributed by atoms with Crippen molar-refractivity contribution in [1.82, 2.24) is 0 Å². The fraction of sp³-hybridized carbons (Fsp3) is 0.188. The number of benzene rings is 2. The summed E-state index contributed by atoms with van der Waals surface area (Å²) in [5, 5.41) is 9.11. The van der Waals surface area contributed by atoms with Crippen molar-refractivity contribution in [3.63, 3.8) is 0 Å². The molecule has 0 bridgehead atoms. The summed E-state index contributed by atoms with van der Waals surface area (Å²) in [5.41, 5.74) is 2.09. The normalized spacial score (nSPS) is 10.2. The lowest BCUT2D eigenvalue weighted by molar-refractivity contribution is 0.0694. The lowest BCUT2D eigenvalue weighted by Gasteiger charge is -2.11. The Morgan fingerprint density at radius 1 is 1.05 bits per heavy atom. The minimum Gasteiger partial charge on any atom is -0.489 e. The van der Waals surface area contributed by atoms with E-state index in [2.05, 4.69) is 6.92 Å². The molecular weight excluding hydrogens is 240 g/mol.